The van der Waals surface area contributed by atoms with E-state index in [1.165, 1.54) is 4.90 Å². The smallest absolute Gasteiger partial charge is 0.250 e. The van der Waals surface area contributed by atoms with Gasteiger partial charge in [-0.05, 0) is 37.8 Å². The number of hydrogen-bond donors (Lipinski definition) is 2. The average molecular weight is 432 g/mol. The molecule has 1 spiro atoms. The maximum absolute atomic E-state index is 13.7. The van der Waals surface area contributed by atoms with Crippen LogP contribution in [0, 0.1) is 25.7 Å². The highest BCUT2D eigenvalue weighted by atomic mass is 16.2. The highest BCUT2D eigenvalue weighted by molar-refractivity contribution is 6.15. The minimum Gasteiger partial charge on any atom is -0.324 e. The Bertz CT molecular complexity index is 1110. The molecule has 0 aromatic heterocycles. The molecule has 6 nitrogen and oxygen atoms in total. The van der Waals surface area contributed by atoms with Crippen LogP contribution in [0.15, 0.2) is 42.5 Å². The van der Waals surface area contributed by atoms with Crippen molar-refractivity contribution in [3.8, 4) is 0 Å². The van der Waals surface area contributed by atoms with E-state index < -0.39 is 17.4 Å². The molecule has 0 saturated carbocycles. The number of imide groups is 1. The molecule has 2 N–H and O–H groups in total. The standard InChI is InChI=1S/C26H29N3O3/c1-4-5-11-29-23(30)20-19(14-17-9-7-6-8-10-17)28-26(21(20)24(29)31)18-13-15(2)12-16(3)22(18)27-25(26)32/h6-10,12-13,19-21,28H,4-5,11,14H2,1-3H3,(H,27,32). The van der Waals surface area contributed by atoms with E-state index >= 15 is 0 Å². The number of aryl methyl sites for hydroxylation is 2. The number of rotatable bonds is 5. The molecule has 2 fully saturated rings. The number of unbranched alkanes of at least 4 members (excludes halogenated alkanes) is 1. The van der Waals surface area contributed by atoms with Crippen LogP contribution in [0.4, 0.5) is 5.69 Å². The number of amides is 3. The van der Waals surface area contributed by atoms with Crippen molar-refractivity contribution in [3.05, 3.63) is 64.7 Å². The molecule has 2 aromatic carbocycles. The van der Waals surface area contributed by atoms with Crippen molar-refractivity contribution in [1.29, 1.82) is 0 Å². The number of nitrogens with one attached hydrogen (secondary N) is 2. The van der Waals surface area contributed by atoms with E-state index in [0.29, 0.717) is 13.0 Å². The predicted octanol–water partition coefficient (Wildman–Crippen LogP) is 3.07. The van der Waals surface area contributed by atoms with Gasteiger partial charge in [-0.3, -0.25) is 24.6 Å². The minimum atomic E-state index is -1.22. The lowest BCUT2D eigenvalue weighted by atomic mass is 9.75. The van der Waals surface area contributed by atoms with Crippen molar-refractivity contribution in [1.82, 2.24) is 10.2 Å². The third kappa shape index (κ3) is 2.85. The Morgan fingerprint density at radius 3 is 2.50 bits per heavy atom. The molecule has 3 aliphatic rings. The fraction of sp³-hybridized carbons (Fsp3) is 0.423. The summed E-state index contributed by atoms with van der Waals surface area (Å²) in [5.74, 6) is -1.89. The molecule has 4 atom stereocenters. The molecular formula is C26H29N3O3. The molecule has 4 unspecified atom stereocenters. The first-order valence-corrected chi connectivity index (χ1v) is 11.5. The molecule has 3 amide bonds. The van der Waals surface area contributed by atoms with Gasteiger partial charge >= 0.3 is 0 Å². The van der Waals surface area contributed by atoms with Gasteiger partial charge in [0.1, 0.15) is 5.54 Å². The number of carbonyl (C=O) groups excluding carboxylic acids is 3. The van der Waals surface area contributed by atoms with E-state index in [-0.39, 0.29) is 23.8 Å². The number of carbonyl (C=O) groups is 3. The summed E-state index contributed by atoms with van der Waals surface area (Å²) in [6.45, 7) is 6.41. The Hall–Kier alpha value is -2.99. The van der Waals surface area contributed by atoms with Crippen LogP contribution in [0.3, 0.4) is 0 Å². The molecule has 166 valence electrons. The number of benzene rings is 2. The van der Waals surface area contributed by atoms with Gasteiger partial charge in [-0.25, -0.2) is 0 Å². The zero-order chi connectivity index (χ0) is 22.6. The van der Waals surface area contributed by atoms with Gasteiger partial charge in [0.15, 0.2) is 0 Å². The normalized spacial score (nSPS) is 28.4. The van der Waals surface area contributed by atoms with E-state index in [1.807, 2.05) is 63.2 Å². The van der Waals surface area contributed by atoms with Gasteiger partial charge in [-0.15, -0.1) is 0 Å². The second kappa shape index (κ2) is 7.55. The molecule has 5 rings (SSSR count). The number of likely N-dealkylation sites (tertiary alicyclic amines) is 1. The van der Waals surface area contributed by atoms with Crippen LogP contribution < -0.4 is 10.6 Å². The predicted molar refractivity (Wildman–Crippen MR) is 122 cm³/mol. The van der Waals surface area contributed by atoms with E-state index in [9.17, 15) is 14.4 Å². The van der Waals surface area contributed by atoms with Crippen molar-refractivity contribution in [3.63, 3.8) is 0 Å². The molecule has 3 heterocycles. The fourth-order valence-electron chi connectivity index (χ4n) is 5.90. The lowest BCUT2D eigenvalue weighted by Gasteiger charge is -2.30. The summed E-state index contributed by atoms with van der Waals surface area (Å²) in [6.07, 6.45) is 2.24. The highest BCUT2D eigenvalue weighted by Crippen LogP contribution is 2.54. The molecule has 2 saturated heterocycles. The summed E-state index contributed by atoms with van der Waals surface area (Å²) in [6, 6.07) is 13.7. The first-order chi connectivity index (χ1) is 15.4. The van der Waals surface area contributed by atoms with Crippen molar-refractivity contribution < 1.29 is 14.4 Å². The Kier molecular flexibility index (Phi) is 4.93. The van der Waals surface area contributed by atoms with E-state index in [0.717, 1.165) is 40.8 Å². The zero-order valence-corrected chi connectivity index (χ0v) is 18.8. The van der Waals surface area contributed by atoms with Crippen LogP contribution in [0.2, 0.25) is 0 Å². The average Bonchev–Trinajstić information content (AvgIpc) is 3.33. The number of hydrogen-bond acceptors (Lipinski definition) is 4. The zero-order valence-electron chi connectivity index (χ0n) is 18.8. The summed E-state index contributed by atoms with van der Waals surface area (Å²) in [5.41, 5.74) is 3.41. The van der Waals surface area contributed by atoms with Gasteiger partial charge in [-0.2, -0.15) is 0 Å². The summed E-state index contributed by atoms with van der Waals surface area (Å²) < 4.78 is 0. The van der Waals surface area contributed by atoms with Gasteiger partial charge in [-0.1, -0.05) is 61.4 Å². The lowest BCUT2D eigenvalue weighted by Crippen LogP contribution is -2.53. The van der Waals surface area contributed by atoms with E-state index in [4.69, 9.17) is 0 Å². The van der Waals surface area contributed by atoms with Crippen LogP contribution in [-0.4, -0.2) is 35.2 Å². The summed E-state index contributed by atoms with van der Waals surface area (Å²) in [5, 5.41) is 6.57. The molecule has 2 aromatic rings. The third-order valence-corrected chi connectivity index (χ3v) is 7.29. The van der Waals surface area contributed by atoms with Gasteiger partial charge < -0.3 is 5.32 Å². The minimum absolute atomic E-state index is 0.149. The Balaban J connectivity index is 1.64. The Labute approximate surface area is 188 Å². The largest absolute Gasteiger partial charge is 0.324 e. The van der Waals surface area contributed by atoms with Crippen LogP contribution in [0.5, 0.6) is 0 Å². The maximum Gasteiger partial charge on any atom is 0.250 e. The second-order valence-electron chi connectivity index (χ2n) is 9.39. The summed E-state index contributed by atoms with van der Waals surface area (Å²) in [4.78, 5) is 42.2. The molecule has 6 heteroatoms. The number of nitrogens with zero attached hydrogens (tertiary/aromatic N) is 1. The van der Waals surface area contributed by atoms with Crippen LogP contribution in [0.25, 0.3) is 0 Å². The molecule has 0 radical (unpaired) electrons. The Morgan fingerprint density at radius 2 is 1.78 bits per heavy atom. The van der Waals surface area contributed by atoms with Gasteiger partial charge in [0, 0.05) is 23.8 Å². The topological polar surface area (TPSA) is 78.5 Å². The molecular weight excluding hydrogens is 402 g/mol. The number of anilines is 1. The monoisotopic (exact) mass is 431 g/mol. The van der Waals surface area contributed by atoms with Gasteiger partial charge in [0.2, 0.25) is 17.7 Å². The van der Waals surface area contributed by atoms with Crippen molar-refractivity contribution >= 4 is 23.4 Å². The van der Waals surface area contributed by atoms with Gasteiger partial charge in [0.05, 0.1) is 11.8 Å². The van der Waals surface area contributed by atoms with Gasteiger partial charge in [0.25, 0.3) is 0 Å². The lowest BCUT2D eigenvalue weighted by molar-refractivity contribution is -0.142. The first kappa shape index (κ1) is 20.9. The molecule has 3 aliphatic heterocycles. The van der Waals surface area contributed by atoms with E-state index in [2.05, 4.69) is 10.6 Å². The fourth-order valence-corrected chi connectivity index (χ4v) is 5.90. The third-order valence-electron chi connectivity index (χ3n) is 7.29. The SMILES string of the molecule is CCCCN1C(=O)C2C(Cc3ccccc3)NC3(C(=O)Nc4c(C)cc(C)cc43)C2C1=O. The molecule has 32 heavy (non-hydrogen) atoms. The van der Waals surface area contributed by atoms with Crippen LogP contribution in [-0.2, 0) is 26.3 Å². The van der Waals surface area contributed by atoms with Crippen molar-refractivity contribution in [2.75, 3.05) is 11.9 Å². The quantitative estimate of drug-likeness (QED) is 0.714. The highest BCUT2D eigenvalue weighted by Gasteiger charge is 2.70. The van der Waals surface area contributed by atoms with Crippen molar-refractivity contribution in [2.45, 2.75) is 51.6 Å². The van der Waals surface area contributed by atoms with E-state index in [1.54, 1.807) is 0 Å². The van der Waals surface area contributed by atoms with Crippen LogP contribution >= 0.6 is 0 Å². The number of fused-ring (bicyclic) bond motifs is 4. The maximum atomic E-state index is 13.7. The first-order valence-electron chi connectivity index (χ1n) is 11.5. The Morgan fingerprint density at radius 1 is 1.03 bits per heavy atom. The van der Waals surface area contributed by atoms with Crippen molar-refractivity contribution in [2.24, 2.45) is 11.8 Å². The molecule has 0 aliphatic carbocycles. The van der Waals surface area contributed by atoms with Crippen LogP contribution in [0.1, 0.15) is 42.0 Å². The summed E-state index contributed by atoms with van der Waals surface area (Å²) in [7, 11) is 0. The molecule has 0 bridgehead atoms. The summed E-state index contributed by atoms with van der Waals surface area (Å²) >= 11 is 0. The second-order valence-corrected chi connectivity index (χ2v) is 9.39.